The molecule has 5 heteroatoms. The summed E-state index contributed by atoms with van der Waals surface area (Å²) in [7, 11) is 0. The van der Waals surface area contributed by atoms with Gasteiger partial charge in [0, 0.05) is 23.0 Å². The van der Waals surface area contributed by atoms with Crippen molar-refractivity contribution in [2.45, 2.75) is 30.8 Å². The Labute approximate surface area is 163 Å². The number of hydrogen-bond donors (Lipinski definition) is 1. The van der Waals surface area contributed by atoms with E-state index >= 15 is 0 Å². The molecule has 1 saturated heterocycles. The SMILES string of the molecule is N#C[C@H]1[C@@H](c2ccc(C#Cc3ccc(F)cc3)cc2)[C@H](CO)N1C(=O)C1CC1. The van der Waals surface area contributed by atoms with E-state index < -0.39 is 6.04 Å². The van der Waals surface area contributed by atoms with Gasteiger partial charge in [0.2, 0.25) is 5.91 Å². The van der Waals surface area contributed by atoms with Crippen molar-refractivity contribution in [1.82, 2.24) is 4.90 Å². The molecule has 1 saturated carbocycles. The number of hydrogen-bond acceptors (Lipinski definition) is 3. The van der Waals surface area contributed by atoms with Crippen LogP contribution in [-0.4, -0.2) is 34.6 Å². The number of carbonyl (C=O) groups is 1. The first kappa shape index (κ1) is 18.2. The highest BCUT2D eigenvalue weighted by Crippen LogP contribution is 2.44. The summed E-state index contributed by atoms with van der Waals surface area (Å²) in [6.45, 7) is -0.159. The Hall–Kier alpha value is -3.15. The van der Waals surface area contributed by atoms with Gasteiger partial charge in [0.15, 0.2) is 0 Å². The van der Waals surface area contributed by atoms with Gasteiger partial charge in [-0.1, -0.05) is 24.0 Å². The summed E-state index contributed by atoms with van der Waals surface area (Å²) in [6.07, 6.45) is 1.75. The summed E-state index contributed by atoms with van der Waals surface area (Å²) in [5.74, 6) is 5.53. The van der Waals surface area contributed by atoms with Crippen molar-refractivity contribution in [3.63, 3.8) is 0 Å². The van der Waals surface area contributed by atoms with Gasteiger partial charge in [0.1, 0.15) is 11.9 Å². The number of rotatable bonds is 3. The highest BCUT2D eigenvalue weighted by molar-refractivity contribution is 5.83. The van der Waals surface area contributed by atoms with Crippen LogP contribution in [-0.2, 0) is 4.79 Å². The summed E-state index contributed by atoms with van der Waals surface area (Å²) >= 11 is 0. The molecule has 2 aromatic rings. The standard InChI is InChI=1S/C23H19FN2O2/c24-19-11-5-16(6-12-19)2-1-15-3-7-17(8-4-15)22-20(13-25)26(21(22)14-27)23(28)18-9-10-18/h3-8,11-12,18,20-22,27H,9-10,14H2/t20-,21-,22+/m0/s1. The van der Waals surface area contributed by atoms with Crippen molar-refractivity contribution in [2.24, 2.45) is 5.92 Å². The minimum atomic E-state index is -0.540. The Morgan fingerprint density at radius 1 is 1.07 bits per heavy atom. The molecule has 1 aliphatic carbocycles. The molecule has 3 atom stereocenters. The zero-order valence-corrected chi connectivity index (χ0v) is 15.2. The number of halogens is 1. The van der Waals surface area contributed by atoms with Crippen molar-refractivity contribution in [3.8, 4) is 17.9 Å². The third-order valence-corrected chi connectivity index (χ3v) is 5.40. The fourth-order valence-corrected chi connectivity index (χ4v) is 3.72. The first-order valence-corrected chi connectivity index (χ1v) is 9.32. The molecule has 140 valence electrons. The Kier molecular flexibility index (Phi) is 4.86. The lowest BCUT2D eigenvalue weighted by atomic mass is 9.75. The van der Waals surface area contributed by atoms with Gasteiger partial charge in [-0.3, -0.25) is 4.79 Å². The smallest absolute Gasteiger partial charge is 0.227 e. The molecular weight excluding hydrogens is 355 g/mol. The lowest BCUT2D eigenvalue weighted by Crippen LogP contribution is -2.65. The van der Waals surface area contributed by atoms with Gasteiger partial charge in [0.05, 0.1) is 18.7 Å². The fraction of sp³-hybridized carbons (Fsp3) is 0.304. The highest BCUT2D eigenvalue weighted by Gasteiger charge is 2.53. The third kappa shape index (κ3) is 3.38. The molecular formula is C23H19FN2O2. The maximum absolute atomic E-state index is 12.9. The lowest BCUT2D eigenvalue weighted by molar-refractivity contribution is -0.148. The molecule has 0 aromatic heterocycles. The van der Waals surface area contributed by atoms with E-state index in [1.807, 2.05) is 24.3 Å². The zero-order valence-electron chi connectivity index (χ0n) is 15.2. The summed E-state index contributed by atoms with van der Waals surface area (Å²) in [5.41, 5.74) is 2.44. The average molecular weight is 374 g/mol. The Morgan fingerprint density at radius 3 is 2.14 bits per heavy atom. The molecule has 0 spiro atoms. The van der Waals surface area contributed by atoms with E-state index in [1.165, 1.54) is 12.1 Å². The van der Waals surface area contributed by atoms with Crippen LogP contribution in [0.25, 0.3) is 0 Å². The number of benzene rings is 2. The van der Waals surface area contributed by atoms with Crippen molar-refractivity contribution >= 4 is 5.91 Å². The van der Waals surface area contributed by atoms with Gasteiger partial charge in [-0.2, -0.15) is 5.26 Å². The van der Waals surface area contributed by atoms with Crippen LogP contribution in [0.4, 0.5) is 4.39 Å². The summed E-state index contributed by atoms with van der Waals surface area (Å²) in [5, 5.41) is 19.3. The maximum atomic E-state index is 12.9. The predicted molar refractivity (Wildman–Crippen MR) is 101 cm³/mol. The quantitative estimate of drug-likeness (QED) is 0.841. The van der Waals surface area contributed by atoms with Crippen LogP contribution in [0.5, 0.6) is 0 Å². The van der Waals surface area contributed by atoms with E-state index in [-0.39, 0.29) is 36.2 Å². The molecule has 1 amide bonds. The molecule has 2 aliphatic rings. The molecule has 4 nitrogen and oxygen atoms in total. The Balaban J connectivity index is 1.51. The second kappa shape index (κ2) is 7.46. The van der Waals surface area contributed by atoms with Gasteiger partial charge < -0.3 is 10.0 Å². The fourth-order valence-electron chi connectivity index (χ4n) is 3.72. The number of amides is 1. The molecule has 1 aliphatic heterocycles. The van der Waals surface area contributed by atoms with Crippen LogP contribution in [0.2, 0.25) is 0 Å². The number of aliphatic hydroxyl groups excluding tert-OH is 1. The molecule has 4 rings (SSSR count). The first-order valence-electron chi connectivity index (χ1n) is 9.32. The number of likely N-dealkylation sites (tertiary alicyclic amines) is 1. The van der Waals surface area contributed by atoms with Gasteiger partial charge in [-0.25, -0.2) is 4.39 Å². The van der Waals surface area contributed by atoms with Gasteiger partial charge in [-0.15, -0.1) is 0 Å². The molecule has 2 aromatic carbocycles. The van der Waals surface area contributed by atoms with Crippen molar-refractivity contribution < 1.29 is 14.3 Å². The van der Waals surface area contributed by atoms with E-state index in [9.17, 15) is 19.6 Å². The van der Waals surface area contributed by atoms with Crippen LogP contribution < -0.4 is 0 Å². The average Bonchev–Trinajstić information content (AvgIpc) is 3.54. The van der Waals surface area contributed by atoms with E-state index in [4.69, 9.17) is 0 Å². The molecule has 0 radical (unpaired) electrons. The predicted octanol–water partition coefficient (Wildman–Crippen LogP) is 2.81. The van der Waals surface area contributed by atoms with Crippen molar-refractivity contribution in [2.75, 3.05) is 6.61 Å². The summed E-state index contributed by atoms with van der Waals surface area (Å²) in [4.78, 5) is 14.0. The van der Waals surface area contributed by atoms with Gasteiger partial charge in [0.25, 0.3) is 0 Å². The molecule has 0 unspecified atom stereocenters. The minimum Gasteiger partial charge on any atom is -0.394 e. The van der Waals surface area contributed by atoms with Crippen LogP contribution in [0, 0.1) is 34.9 Å². The molecule has 1 heterocycles. The van der Waals surface area contributed by atoms with E-state index in [1.54, 1.807) is 17.0 Å². The van der Waals surface area contributed by atoms with Crippen LogP contribution >= 0.6 is 0 Å². The number of nitrogens with zero attached hydrogens (tertiary/aromatic N) is 2. The van der Waals surface area contributed by atoms with E-state index in [0.717, 1.165) is 29.5 Å². The van der Waals surface area contributed by atoms with Crippen LogP contribution in [0.15, 0.2) is 48.5 Å². The van der Waals surface area contributed by atoms with E-state index in [0.29, 0.717) is 0 Å². The molecule has 0 bridgehead atoms. The second-order valence-corrected chi connectivity index (χ2v) is 7.25. The highest BCUT2D eigenvalue weighted by atomic mass is 19.1. The number of nitriles is 1. The van der Waals surface area contributed by atoms with E-state index in [2.05, 4.69) is 17.9 Å². The van der Waals surface area contributed by atoms with Crippen LogP contribution in [0.3, 0.4) is 0 Å². The largest absolute Gasteiger partial charge is 0.394 e. The van der Waals surface area contributed by atoms with Gasteiger partial charge in [-0.05, 0) is 54.8 Å². The zero-order chi connectivity index (χ0) is 19.7. The summed E-state index contributed by atoms with van der Waals surface area (Å²) in [6, 6.07) is 14.8. The topological polar surface area (TPSA) is 64.3 Å². The van der Waals surface area contributed by atoms with Crippen LogP contribution in [0.1, 0.15) is 35.4 Å². The third-order valence-electron chi connectivity index (χ3n) is 5.40. The first-order chi connectivity index (χ1) is 13.6. The van der Waals surface area contributed by atoms with Gasteiger partial charge >= 0.3 is 0 Å². The minimum absolute atomic E-state index is 0.0105. The maximum Gasteiger partial charge on any atom is 0.227 e. The molecule has 2 fully saturated rings. The molecule has 1 N–H and O–H groups in total. The Bertz CT molecular complexity index is 978. The normalized spacial score (nSPS) is 23.2. The summed E-state index contributed by atoms with van der Waals surface area (Å²) < 4.78 is 12.9. The number of carbonyl (C=O) groups excluding carboxylic acids is 1. The number of aliphatic hydroxyl groups is 1. The molecule has 28 heavy (non-hydrogen) atoms. The van der Waals surface area contributed by atoms with Crippen molar-refractivity contribution in [1.29, 1.82) is 5.26 Å². The lowest BCUT2D eigenvalue weighted by Gasteiger charge is -2.51. The Morgan fingerprint density at radius 2 is 1.64 bits per heavy atom. The van der Waals surface area contributed by atoms with Crippen molar-refractivity contribution in [3.05, 3.63) is 71.0 Å². The monoisotopic (exact) mass is 374 g/mol. The second-order valence-electron chi connectivity index (χ2n) is 7.25.